The first-order chi connectivity index (χ1) is 16.6. The molecule has 0 spiro atoms. The number of carbonyl (C=O) groups excluding carboxylic acids is 1. The Morgan fingerprint density at radius 2 is 1.94 bits per heavy atom. The molecule has 9 nitrogen and oxygen atoms in total. The Bertz CT molecular complexity index is 1150. The fourth-order valence-electron chi connectivity index (χ4n) is 4.20. The summed E-state index contributed by atoms with van der Waals surface area (Å²) >= 11 is 1.36. The Hall–Kier alpha value is -3.40. The van der Waals surface area contributed by atoms with Gasteiger partial charge in [-0.15, -0.1) is 10.2 Å². The van der Waals surface area contributed by atoms with Gasteiger partial charge in [-0.25, -0.2) is 0 Å². The van der Waals surface area contributed by atoms with Crippen LogP contribution >= 0.6 is 11.8 Å². The number of methoxy groups -OCH3 is 1. The molecule has 1 amide bonds. The highest BCUT2D eigenvalue weighted by Crippen LogP contribution is 2.35. The molecule has 1 aliphatic rings. The third kappa shape index (κ3) is 5.56. The highest BCUT2D eigenvalue weighted by Gasteiger charge is 2.24. The number of hydrogen-bond donors (Lipinski definition) is 1. The van der Waals surface area contributed by atoms with Crippen LogP contribution in [0.1, 0.15) is 43.7 Å². The van der Waals surface area contributed by atoms with E-state index >= 15 is 0 Å². The number of aromatic nitrogens is 3. The molecule has 0 radical (unpaired) electrons. The number of amides is 1. The summed E-state index contributed by atoms with van der Waals surface area (Å²) in [5.41, 5.74) is 1.51. The van der Waals surface area contributed by atoms with E-state index in [4.69, 9.17) is 4.74 Å². The maximum atomic E-state index is 12.5. The van der Waals surface area contributed by atoms with Crippen LogP contribution in [-0.2, 0) is 11.3 Å². The average molecular weight is 482 g/mol. The van der Waals surface area contributed by atoms with Crippen molar-refractivity contribution in [1.29, 1.82) is 0 Å². The predicted molar refractivity (Wildman–Crippen MR) is 130 cm³/mol. The minimum Gasteiger partial charge on any atom is -0.490 e. The normalized spacial score (nSPS) is 14.0. The fourth-order valence-corrected chi connectivity index (χ4v) is 5.03. The Morgan fingerprint density at radius 3 is 2.65 bits per heavy atom. The Morgan fingerprint density at radius 1 is 1.18 bits per heavy atom. The second-order valence-corrected chi connectivity index (χ2v) is 9.11. The molecule has 1 N–H and O–H groups in total. The average Bonchev–Trinajstić information content (AvgIpc) is 3.31. The van der Waals surface area contributed by atoms with Gasteiger partial charge in [0, 0.05) is 24.2 Å². The summed E-state index contributed by atoms with van der Waals surface area (Å²) in [6, 6.07) is 15.0. The van der Waals surface area contributed by atoms with Gasteiger partial charge in [0.2, 0.25) is 5.91 Å². The molecular weight excluding hydrogens is 454 g/mol. The molecule has 4 rings (SSSR count). The molecule has 3 aromatic rings. The van der Waals surface area contributed by atoms with Gasteiger partial charge in [-0.05, 0) is 24.5 Å². The van der Waals surface area contributed by atoms with Crippen LogP contribution in [0.2, 0.25) is 0 Å². The molecule has 0 unspecified atom stereocenters. The van der Waals surface area contributed by atoms with Gasteiger partial charge >= 0.3 is 5.69 Å². The molecule has 0 aliphatic heterocycles. The van der Waals surface area contributed by atoms with Crippen molar-refractivity contribution >= 4 is 23.4 Å². The number of nitro groups is 1. The molecule has 1 saturated carbocycles. The van der Waals surface area contributed by atoms with E-state index in [1.54, 1.807) is 6.07 Å². The second-order valence-electron chi connectivity index (χ2n) is 8.16. The van der Waals surface area contributed by atoms with Gasteiger partial charge in [0.05, 0.1) is 17.8 Å². The van der Waals surface area contributed by atoms with E-state index in [0.29, 0.717) is 11.6 Å². The summed E-state index contributed by atoms with van der Waals surface area (Å²) in [6.07, 6.45) is 5.75. The van der Waals surface area contributed by atoms with Gasteiger partial charge in [-0.3, -0.25) is 19.5 Å². The lowest BCUT2D eigenvalue weighted by Gasteiger charge is -2.25. The molecule has 0 saturated heterocycles. The lowest BCUT2D eigenvalue weighted by molar-refractivity contribution is -0.385. The fraction of sp³-hybridized carbons (Fsp3) is 0.375. The topological polar surface area (TPSA) is 112 Å². The van der Waals surface area contributed by atoms with Gasteiger partial charge in [0.25, 0.3) is 0 Å². The van der Waals surface area contributed by atoms with Crippen molar-refractivity contribution in [3.8, 4) is 17.1 Å². The first kappa shape index (κ1) is 23.7. The van der Waals surface area contributed by atoms with Crippen molar-refractivity contribution in [3.63, 3.8) is 0 Å². The summed E-state index contributed by atoms with van der Waals surface area (Å²) in [4.78, 5) is 23.3. The third-order valence-electron chi connectivity index (χ3n) is 5.90. The third-order valence-corrected chi connectivity index (χ3v) is 6.84. The monoisotopic (exact) mass is 481 g/mol. The Kier molecular flexibility index (Phi) is 7.79. The first-order valence-electron chi connectivity index (χ1n) is 11.3. The van der Waals surface area contributed by atoms with Crippen LogP contribution in [0.5, 0.6) is 5.75 Å². The van der Waals surface area contributed by atoms with Crippen LogP contribution in [0.3, 0.4) is 0 Å². The second kappa shape index (κ2) is 11.1. The molecule has 34 heavy (non-hydrogen) atoms. The number of hydrogen-bond acceptors (Lipinski definition) is 7. The molecule has 1 heterocycles. The van der Waals surface area contributed by atoms with Crippen LogP contribution in [-0.4, -0.2) is 38.5 Å². The first-order valence-corrected chi connectivity index (χ1v) is 12.3. The zero-order valence-corrected chi connectivity index (χ0v) is 19.8. The number of carbonyl (C=O) groups is 1. The molecular formula is C24H27N5O4S. The van der Waals surface area contributed by atoms with Gasteiger partial charge in [-0.2, -0.15) is 0 Å². The molecule has 0 bridgehead atoms. The largest absolute Gasteiger partial charge is 0.490 e. The number of thioether (sulfide) groups is 1. The van der Waals surface area contributed by atoms with Crippen LogP contribution < -0.4 is 10.1 Å². The van der Waals surface area contributed by atoms with E-state index in [2.05, 4.69) is 20.1 Å². The smallest absolute Gasteiger partial charge is 0.311 e. The number of ether oxygens (including phenoxy) is 1. The Labute approximate surface area is 202 Å². The van der Waals surface area contributed by atoms with Gasteiger partial charge < -0.3 is 10.1 Å². The molecule has 1 aromatic heterocycles. The summed E-state index contributed by atoms with van der Waals surface area (Å²) in [5.74, 6) is 1.02. The zero-order valence-electron chi connectivity index (χ0n) is 19.0. The summed E-state index contributed by atoms with van der Waals surface area (Å²) in [6.45, 7) is 0.189. The van der Waals surface area contributed by atoms with E-state index < -0.39 is 4.92 Å². The van der Waals surface area contributed by atoms with Crippen molar-refractivity contribution in [3.05, 3.63) is 64.2 Å². The minimum atomic E-state index is -0.498. The SMILES string of the molecule is COc1ccc(CNC(=O)CSc2nnc(-c3ccccc3)n2C2CCCCC2)cc1[N+](=O)[O-]. The zero-order chi connectivity index (χ0) is 23.9. The van der Waals surface area contributed by atoms with Crippen molar-refractivity contribution < 1.29 is 14.5 Å². The van der Waals surface area contributed by atoms with Crippen LogP contribution in [0, 0.1) is 10.1 Å². The number of nitro benzene ring substituents is 1. The summed E-state index contributed by atoms with van der Waals surface area (Å²) < 4.78 is 7.22. The number of nitrogens with zero attached hydrogens (tertiary/aromatic N) is 4. The number of benzene rings is 2. The van der Waals surface area contributed by atoms with Crippen molar-refractivity contribution in [1.82, 2.24) is 20.1 Å². The predicted octanol–water partition coefficient (Wildman–Crippen LogP) is 4.78. The lowest BCUT2D eigenvalue weighted by atomic mass is 9.95. The Balaban J connectivity index is 1.43. The maximum absolute atomic E-state index is 12.5. The van der Waals surface area contributed by atoms with Crippen molar-refractivity contribution in [2.24, 2.45) is 0 Å². The van der Waals surface area contributed by atoms with Gasteiger partial charge in [0.15, 0.2) is 16.7 Å². The van der Waals surface area contributed by atoms with E-state index in [1.807, 2.05) is 30.3 Å². The quantitative estimate of drug-likeness (QED) is 0.266. The van der Waals surface area contributed by atoms with E-state index in [0.717, 1.165) is 29.4 Å². The molecule has 1 fully saturated rings. The van der Waals surface area contributed by atoms with Crippen molar-refractivity contribution in [2.75, 3.05) is 12.9 Å². The van der Waals surface area contributed by atoms with Crippen LogP contribution in [0.4, 0.5) is 5.69 Å². The highest BCUT2D eigenvalue weighted by atomic mass is 32.2. The highest BCUT2D eigenvalue weighted by molar-refractivity contribution is 7.99. The minimum absolute atomic E-state index is 0.127. The van der Waals surface area contributed by atoms with Crippen LogP contribution in [0.25, 0.3) is 11.4 Å². The van der Waals surface area contributed by atoms with Gasteiger partial charge in [-0.1, -0.05) is 67.4 Å². The van der Waals surface area contributed by atoms with Gasteiger partial charge in [0.1, 0.15) is 0 Å². The lowest BCUT2D eigenvalue weighted by Crippen LogP contribution is -2.25. The molecule has 0 atom stereocenters. The van der Waals surface area contributed by atoms with E-state index in [9.17, 15) is 14.9 Å². The summed E-state index contributed by atoms with van der Waals surface area (Å²) in [5, 5.41) is 23.7. The molecule has 2 aromatic carbocycles. The number of rotatable bonds is 9. The van der Waals surface area contributed by atoms with Crippen LogP contribution in [0.15, 0.2) is 53.7 Å². The molecule has 1 aliphatic carbocycles. The molecule has 10 heteroatoms. The van der Waals surface area contributed by atoms with E-state index in [-0.39, 0.29) is 29.6 Å². The van der Waals surface area contributed by atoms with Crippen molar-refractivity contribution in [2.45, 2.75) is 49.8 Å². The van der Waals surface area contributed by atoms with E-state index in [1.165, 1.54) is 50.3 Å². The molecule has 178 valence electrons. The maximum Gasteiger partial charge on any atom is 0.311 e. The number of nitrogens with one attached hydrogen (secondary N) is 1. The summed E-state index contributed by atoms with van der Waals surface area (Å²) in [7, 11) is 1.39. The standard InChI is InChI=1S/C24H27N5O4S/c1-33-21-13-12-17(14-20(21)29(31)32)15-25-22(30)16-34-24-27-26-23(18-8-4-2-5-9-18)28(24)19-10-6-3-7-11-19/h2,4-5,8-9,12-14,19H,3,6-7,10-11,15-16H2,1H3,(H,25,30).